The molecule has 4 nitrogen and oxygen atoms in total. The monoisotopic (exact) mass is 482 g/mol. The van der Waals surface area contributed by atoms with Crippen molar-refractivity contribution in [2.24, 2.45) is 10.4 Å². The first-order chi connectivity index (χ1) is 16.8. The van der Waals surface area contributed by atoms with Crippen LogP contribution in [0.1, 0.15) is 43.9 Å². The van der Waals surface area contributed by atoms with E-state index >= 15 is 0 Å². The maximum atomic E-state index is 13.8. The number of hydrogen-bond acceptors (Lipinski definition) is 4. The molecular weight excluding hydrogens is 459 g/mol. The summed E-state index contributed by atoms with van der Waals surface area (Å²) < 4.78 is 15.9. The standard InChI is InChI=1S/C29H23FN2O2S/c1-29(2)15-22-25(23(33)16-29)26(18-10-12-20(30)13-11-18)32-27(34)24(35-28(32)31-22)14-19-8-5-7-17-6-3-4-9-21(17)19/h3-14,26H,15-16H2,1-2H3. The second-order valence-electron chi connectivity index (χ2n) is 10.0. The minimum atomic E-state index is -0.611. The van der Waals surface area contributed by atoms with E-state index in [9.17, 15) is 14.0 Å². The van der Waals surface area contributed by atoms with Crippen LogP contribution < -0.4 is 14.9 Å². The zero-order chi connectivity index (χ0) is 24.3. The molecule has 0 N–H and O–H groups in total. The summed E-state index contributed by atoms with van der Waals surface area (Å²) in [6.07, 6.45) is 2.95. The number of carbonyl (C=O) groups excluding carboxylic acids is 1. The van der Waals surface area contributed by atoms with E-state index in [2.05, 4.69) is 13.8 Å². The van der Waals surface area contributed by atoms with Crippen LogP contribution in [0.4, 0.5) is 4.39 Å². The van der Waals surface area contributed by atoms with Crippen molar-refractivity contribution in [1.29, 1.82) is 0 Å². The largest absolute Gasteiger partial charge is 0.294 e. The van der Waals surface area contributed by atoms with Crippen LogP contribution in [0.5, 0.6) is 0 Å². The molecule has 1 atom stereocenters. The van der Waals surface area contributed by atoms with E-state index in [-0.39, 0.29) is 22.6 Å². The number of aromatic nitrogens is 1. The predicted octanol–water partition coefficient (Wildman–Crippen LogP) is 4.90. The van der Waals surface area contributed by atoms with Gasteiger partial charge in [-0.25, -0.2) is 9.38 Å². The van der Waals surface area contributed by atoms with Gasteiger partial charge in [0.1, 0.15) is 5.82 Å². The molecule has 35 heavy (non-hydrogen) atoms. The smallest absolute Gasteiger partial charge is 0.271 e. The Balaban J connectivity index is 1.61. The molecule has 6 heteroatoms. The second kappa shape index (κ2) is 7.95. The third kappa shape index (κ3) is 3.69. The van der Waals surface area contributed by atoms with Crippen LogP contribution >= 0.6 is 11.3 Å². The number of thiazole rings is 1. The van der Waals surface area contributed by atoms with Crippen molar-refractivity contribution in [3.63, 3.8) is 0 Å². The Morgan fingerprint density at radius 1 is 1.00 bits per heavy atom. The van der Waals surface area contributed by atoms with E-state index in [1.54, 1.807) is 16.7 Å². The third-order valence-corrected chi connectivity index (χ3v) is 7.77. The van der Waals surface area contributed by atoms with Gasteiger partial charge in [-0.3, -0.25) is 14.2 Å². The maximum absolute atomic E-state index is 13.8. The van der Waals surface area contributed by atoms with Gasteiger partial charge < -0.3 is 0 Å². The Kier molecular flexibility index (Phi) is 4.97. The van der Waals surface area contributed by atoms with E-state index in [1.807, 2.05) is 48.5 Å². The van der Waals surface area contributed by atoms with Crippen molar-refractivity contribution in [1.82, 2.24) is 4.57 Å². The summed E-state index contributed by atoms with van der Waals surface area (Å²) in [5.74, 6) is -0.361. The lowest BCUT2D eigenvalue weighted by molar-refractivity contribution is -0.118. The lowest BCUT2D eigenvalue weighted by atomic mass is 9.73. The van der Waals surface area contributed by atoms with Crippen molar-refractivity contribution in [2.75, 3.05) is 0 Å². The van der Waals surface area contributed by atoms with Crippen molar-refractivity contribution in [2.45, 2.75) is 32.7 Å². The molecule has 0 saturated heterocycles. The normalized spacial score (nSPS) is 19.5. The fourth-order valence-electron chi connectivity index (χ4n) is 5.23. The quantitative estimate of drug-likeness (QED) is 0.408. The van der Waals surface area contributed by atoms with Crippen molar-refractivity contribution < 1.29 is 9.18 Å². The molecule has 1 unspecified atom stereocenters. The molecule has 0 amide bonds. The number of carbonyl (C=O) groups is 1. The molecule has 0 saturated carbocycles. The zero-order valence-corrected chi connectivity index (χ0v) is 20.2. The molecule has 6 rings (SSSR count). The van der Waals surface area contributed by atoms with Gasteiger partial charge in [0.2, 0.25) is 0 Å². The van der Waals surface area contributed by atoms with E-state index in [0.29, 0.717) is 33.3 Å². The summed E-state index contributed by atoms with van der Waals surface area (Å²) in [5, 5.41) is 2.16. The van der Waals surface area contributed by atoms with Gasteiger partial charge in [0.25, 0.3) is 5.56 Å². The Bertz CT molecular complexity index is 1720. The number of rotatable bonds is 2. The predicted molar refractivity (Wildman–Crippen MR) is 136 cm³/mol. The highest BCUT2D eigenvalue weighted by atomic mass is 32.1. The fraction of sp³-hybridized carbons (Fsp3) is 0.207. The maximum Gasteiger partial charge on any atom is 0.271 e. The molecule has 2 heterocycles. The second-order valence-corrected chi connectivity index (χ2v) is 11.0. The van der Waals surface area contributed by atoms with Crippen LogP contribution in [-0.2, 0) is 4.79 Å². The highest BCUT2D eigenvalue weighted by Crippen LogP contribution is 2.43. The number of hydrogen-bond donors (Lipinski definition) is 0. The minimum absolute atomic E-state index is 0.00217. The van der Waals surface area contributed by atoms with Crippen molar-refractivity contribution >= 4 is 34.0 Å². The van der Waals surface area contributed by atoms with Crippen LogP contribution in [0, 0.1) is 11.2 Å². The van der Waals surface area contributed by atoms with Gasteiger partial charge in [0.15, 0.2) is 10.6 Å². The van der Waals surface area contributed by atoms with Crippen LogP contribution in [0.3, 0.4) is 0 Å². The molecule has 3 aromatic carbocycles. The number of fused-ring (bicyclic) bond motifs is 2. The van der Waals surface area contributed by atoms with Gasteiger partial charge in [-0.05, 0) is 51.9 Å². The molecule has 1 aliphatic carbocycles. The first-order valence-electron chi connectivity index (χ1n) is 11.6. The number of nitrogens with zero attached hydrogens (tertiary/aromatic N) is 2. The molecule has 1 aromatic heterocycles. The topological polar surface area (TPSA) is 51.4 Å². The van der Waals surface area contributed by atoms with Crippen LogP contribution in [0.25, 0.3) is 16.8 Å². The Morgan fingerprint density at radius 2 is 1.74 bits per heavy atom. The van der Waals surface area contributed by atoms with E-state index in [0.717, 1.165) is 22.0 Å². The third-order valence-electron chi connectivity index (χ3n) is 6.79. The molecule has 174 valence electrons. The number of Topliss-reactive ketones (excluding diaryl/α,β-unsaturated/α-hetero) is 1. The lowest BCUT2D eigenvalue weighted by Crippen LogP contribution is -2.42. The van der Waals surface area contributed by atoms with Gasteiger partial charge in [0.05, 0.1) is 16.3 Å². The van der Waals surface area contributed by atoms with Gasteiger partial charge in [-0.2, -0.15) is 0 Å². The first kappa shape index (κ1) is 21.9. The summed E-state index contributed by atoms with van der Waals surface area (Å²) in [4.78, 5) is 32.5. The number of allylic oxidation sites excluding steroid dienone is 2. The highest BCUT2D eigenvalue weighted by molar-refractivity contribution is 7.07. The van der Waals surface area contributed by atoms with Gasteiger partial charge in [-0.15, -0.1) is 0 Å². The summed E-state index contributed by atoms with van der Waals surface area (Å²) in [7, 11) is 0. The summed E-state index contributed by atoms with van der Waals surface area (Å²) in [6, 6.07) is 19.5. The molecule has 0 spiro atoms. The van der Waals surface area contributed by atoms with Gasteiger partial charge in [-0.1, -0.05) is 79.8 Å². The van der Waals surface area contributed by atoms with Crippen LogP contribution in [-0.4, -0.2) is 10.4 Å². The molecule has 0 radical (unpaired) electrons. The average molecular weight is 483 g/mol. The molecule has 0 fully saturated rings. The number of benzene rings is 3. The Hall–Kier alpha value is -3.64. The van der Waals surface area contributed by atoms with E-state index in [4.69, 9.17) is 4.99 Å². The summed E-state index contributed by atoms with van der Waals surface area (Å²) in [6.45, 7) is 4.12. The highest BCUT2D eigenvalue weighted by Gasteiger charge is 2.40. The Morgan fingerprint density at radius 3 is 2.54 bits per heavy atom. The number of halogens is 1. The summed E-state index contributed by atoms with van der Waals surface area (Å²) >= 11 is 1.33. The first-order valence-corrected chi connectivity index (χ1v) is 12.4. The van der Waals surface area contributed by atoms with Crippen molar-refractivity contribution in [3.05, 3.63) is 115 Å². The van der Waals surface area contributed by atoms with E-state index in [1.165, 1.54) is 23.5 Å². The van der Waals surface area contributed by atoms with Gasteiger partial charge >= 0.3 is 0 Å². The minimum Gasteiger partial charge on any atom is -0.294 e. The lowest BCUT2D eigenvalue weighted by Gasteiger charge is -2.35. The van der Waals surface area contributed by atoms with Crippen LogP contribution in [0.2, 0.25) is 0 Å². The number of ketones is 1. The molecular formula is C29H23FN2O2S. The molecule has 2 aliphatic rings. The molecule has 1 aliphatic heterocycles. The molecule has 4 aromatic rings. The van der Waals surface area contributed by atoms with Gasteiger partial charge in [0, 0.05) is 12.0 Å². The van der Waals surface area contributed by atoms with Crippen molar-refractivity contribution in [3.8, 4) is 0 Å². The van der Waals surface area contributed by atoms with E-state index < -0.39 is 6.04 Å². The average Bonchev–Trinajstić information content (AvgIpc) is 3.12. The van der Waals surface area contributed by atoms with Crippen LogP contribution in [0.15, 0.2) is 87.8 Å². The molecule has 0 bridgehead atoms. The fourth-order valence-corrected chi connectivity index (χ4v) is 6.24. The Labute approximate surface area is 205 Å². The zero-order valence-electron chi connectivity index (χ0n) is 19.4. The SMILES string of the molecule is CC1(C)CC(=O)C2=C(C1)N=c1sc(=Cc3cccc4ccccc34)c(=O)n1C2c1ccc(F)cc1. The summed E-state index contributed by atoms with van der Waals surface area (Å²) in [5.41, 5.74) is 2.55.